The summed E-state index contributed by atoms with van der Waals surface area (Å²) in [5, 5.41) is 10.7. The van der Waals surface area contributed by atoms with Gasteiger partial charge in [-0.25, -0.2) is 0 Å². The van der Waals surface area contributed by atoms with Gasteiger partial charge < -0.3 is 5.11 Å². The number of benzene rings is 2. The van der Waals surface area contributed by atoms with Crippen molar-refractivity contribution < 1.29 is 9.90 Å². The van der Waals surface area contributed by atoms with Gasteiger partial charge >= 0.3 is 0 Å². The number of aliphatic hydroxyl groups is 1. The van der Waals surface area contributed by atoms with Gasteiger partial charge in [0.25, 0.3) is 0 Å². The standard InChI is InChI=1S/C24H27NO2/c1-4-20(26)10-11-21(27)14-18-9-12-24-19(13-18)15-23(17(3)25-24)22-8-6-5-7-16(22)2/h5-9,12-13,15,20,26H,4,10-11,14H2,1-3H3/t20-/m1/s1. The van der Waals surface area contributed by atoms with E-state index < -0.39 is 0 Å². The van der Waals surface area contributed by atoms with Crippen LogP contribution in [-0.4, -0.2) is 22.0 Å². The molecule has 140 valence electrons. The molecule has 3 heteroatoms. The highest BCUT2D eigenvalue weighted by Gasteiger charge is 2.11. The number of pyridine rings is 1. The van der Waals surface area contributed by atoms with Gasteiger partial charge in [0.15, 0.2) is 0 Å². The van der Waals surface area contributed by atoms with Crippen molar-refractivity contribution in [3.63, 3.8) is 0 Å². The van der Waals surface area contributed by atoms with Crippen LogP contribution in [0, 0.1) is 13.8 Å². The Morgan fingerprint density at radius 2 is 1.85 bits per heavy atom. The Bertz CT molecular complexity index is 962. The SMILES string of the molecule is CC[C@@H](O)CCC(=O)Cc1ccc2nc(C)c(-c3ccccc3C)cc2c1. The van der Waals surface area contributed by atoms with Gasteiger partial charge in [-0.15, -0.1) is 0 Å². The number of ketones is 1. The molecule has 0 unspecified atom stereocenters. The average Bonchev–Trinajstić information content (AvgIpc) is 2.66. The first-order chi connectivity index (χ1) is 13.0. The number of nitrogens with zero attached hydrogens (tertiary/aromatic N) is 1. The number of carbonyl (C=O) groups excluding carboxylic acids is 1. The van der Waals surface area contributed by atoms with Gasteiger partial charge in [-0.1, -0.05) is 37.3 Å². The zero-order valence-electron chi connectivity index (χ0n) is 16.3. The van der Waals surface area contributed by atoms with Crippen molar-refractivity contribution in [2.75, 3.05) is 0 Å². The minimum atomic E-state index is -0.380. The van der Waals surface area contributed by atoms with E-state index in [0.29, 0.717) is 25.7 Å². The predicted octanol–water partition coefficient (Wildman–Crippen LogP) is 5.18. The highest BCUT2D eigenvalue weighted by Crippen LogP contribution is 2.29. The normalized spacial score (nSPS) is 12.3. The van der Waals surface area contributed by atoms with Crippen LogP contribution in [0.1, 0.15) is 43.0 Å². The Hall–Kier alpha value is -2.52. The Labute approximate surface area is 161 Å². The summed E-state index contributed by atoms with van der Waals surface area (Å²) >= 11 is 0. The molecule has 27 heavy (non-hydrogen) atoms. The Morgan fingerprint density at radius 1 is 1.07 bits per heavy atom. The number of hydrogen-bond donors (Lipinski definition) is 1. The van der Waals surface area contributed by atoms with E-state index >= 15 is 0 Å². The monoisotopic (exact) mass is 361 g/mol. The van der Waals surface area contributed by atoms with E-state index in [9.17, 15) is 9.90 Å². The van der Waals surface area contributed by atoms with E-state index in [0.717, 1.165) is 27.7 Å². The molecule has 1 heterocycles. The number of fused-ring (bicyclic) bond motifs is 1. The lowest BCUT2D eigenvalue weighted by Crippen LogP contribution is -2.10. The molecule has 0 amide bonds. The molecule has 0 radical (unpaired) electrons. The van der Waals surface area contributed by atoms with Crippen molar-refractivity contribution >= 4 is 16.7 Å². The van der Waals surface area contributed by atoms with E-state index in [-0.39, 0.29) is 11.9 Å². The summed E-state index contributed by atoms with van der Waals surface area (Å²) in [6.45, 7) is 6.08. The van der Waals surface area contributed by atoms with Crippen molar-refractivity contribution in [1.29, 1.82) is 0 Å². The molecule has 1 atom stereocenters. The quantitative estimate of drug-likeness (QED) is 0.631. The van der Waals surface area contributed by atoms with Gasteiger partial charge in [-0.05, 0) is 61.6 Å². The van der Waals surface area contributed by atoms with E-state index in [4.69, 9.17) is 4.98 Å². The summed E-state index contributed by atoms with van der Waals surface area (Å²) in [4.78, 5) is 17.0. The Morgan fingerprint density at radius 3 is 2.59 bits per heavy atom. The van der Waals surface area contributed by atoms with E-state index in [1.807, 2.05) is 38.1 Å². The maximum Gasteiger partial charge on any atom is 0.137 e. The van der Waals surface area contributed by atoms with Crippen LogP contribution < -0.4 is 0 Å². The zero-order chi connectivity index (χ0) is 19.4. The number of aromatic nitrogens is 1. The van der Waals surface area contributed by atoms with Crippen molar-refractivity contribution in [1.82, 2.24) is 4.98 Å². The lowest BCUT2D eigenvalue weighted by atomic mass is 9.96. The van der Waals surface area contributed by atoms with Gasteiger partial charge in [-0.2, -0.15) is 0 Å². The van der Waals surface area contributed by atoms with Crippen molar-refractivity contribution in [3.05, 3.63) is 65.4 Å². The van der Waals surface area contributed by atoms with Gasteiger partial charge in [0, 0.05) is 29.5 Å². The predicted molar refractivity (Wildman–Crippen MR) is 111 cm³/mol. The summed E-state index contributed by atoms with van der Waals surface area (Å²) in [7, 11) is 0. The smallest absolute Gasteiger partial charge is 0.137 e. The van der Waals surface area contributed by atoms with Gasteiger partial charge in [0.05, 0.1) is 11.6 Å². The summed E-state index contributed by atoms with van der Waals surface area (Å²) in [5.74, 6) is 0.168. The van der Waals surface area contributed by atoms with Crippen LogP contribution in [0.3, 0.4) is 0 Å². The van der Waals surface area contributed by atoms with Gasteiger partial charge in [0.2, 0.25) is 0 Å². The van der Waals surface area contributed by atoms with E-state index in [2.05, 4.69) is 31.2 Å². The fraction of sp³-hybridized carbons (Fsp3) is 0.333. The molecule has 0 aliphatic carbocycles. The van der Waals surface area contributed by atoms with Crippen molar-refractivity contribution in [2.24, 2.45) is 0 Å². The first-order valence-corrected chi connectivity index (χ1v) is 9.64. The Balaban J connectivity index is 1.87. The largest absolute Gasteiger partial charge is 0.393 e. The van der Waals surface area contributed by atoms with Crippen LogP contribution in [0.5, 0.6) is 0 Å². The van der Waals surface area contributed by atoms with Crippen molar-refractivity contribution in [2.45, 2.75) is 52.6 Å². The van der Waals surface area contributed by atoms with Crippen LogP contribution in [-0.2, 0) is 11.2 Å². The number of hydrogen-bond acceptors (Lipinski definition) is 3. The second kappa shape index (κ2) is 8.45. The number of rotatable bonds is 7. The molecule has 2 aromatic carbocycles. The molecule has 0 saturated carbocycles. The third kappa shape index (κ3) is 4.61. The summed E-state index contributed by atoms with van der Waals surface area (Å²) in [5.41, 5.74) is 6.51. The molecule has 3 nitrogen and oxygen atoms in total. The number of Topliss-reactive ketones (excluding diaryl/α,β-unsaturated/α-hetero) is 1. The van der Waals surface area contributed by atoms with Crippen LogP contribution in [0.4, 0.5) is 0 Å². The molecular weight excluding hydrogens is 334 g/mol. The second-order valence-corrected chi connectivity index (χ2v) is 7.28. The van der Waals surface area contributed by atoms with Gasteiger partial charge in [0.1, 0.15) is 5.78 Å². The molecule has 3 rings (SSSR count). The summed E-state index contributed by atoms with van der Waals surface area (Å²) in [6.07, 6.45) is 1.68. The van der Waals surface area contributed by atoms with Crippen LogP contribution in [0.2, 0.25) is 0 Å². The van der Waals surface area contributed by atoms with Crippen LogP contribution >= 0.6 is 0 Å². The number of carbonyl (C=O) groups is 1. The molecular formula is C24H27NO2. The molecule has 0 saturated heterocycles. The molecule has 0 aliphatic rings. The minimum absolute atomic E-state index is 0.168. The van der Waals surface area contributed by atoms with Crippen LogP contribution in [0.25, 0.3) is 22.0 Å². The van der Waals surface area contributed by atoms with E-state index in [1.54, 1.807) is 0 Å². The maximum atomic E-state index is 12.2. The Kier molecular flexibility index (Phi) is 6.02. The fourth-order valence-electron chi connectivity index (χ4n) is 3.43. The second-order valence-electron chi connectivity index (χ2n) is 7.28. The number of aliphatic hydroxyl groups excluding tert-OH is 1. The molecule has 1 N–H and O–H groups in total. The minimum Gasteiger partial charge on any atom is -0.393 e. The molecule has 0 bridgehead atoms. The third-order valence-corrected chi connectivity index (χ3v) is 5.13. The highest BCUT2D eigenvalue weighted by atomic mass is 16.3. The molecule has 3 aromatic rings. The number of aryl methyl sites for hydroxylation is 2. The third-order valence-electron chi connectivity index (χ3n) is 5.13. The van der Waals surface area contributed by atoms with E-state index in [1.165, 1.54) is 11.1 Å². The van der Waals surface area contributed by atoms with Crippen molar-refractivity contribution in [3.8, 4) is 11.1 Å². The topological polar surface area (TPSA) is 50.2 Å². The molecule has 0 spiro atoms. The summed E-state index contributed by atoms with van der Waals surface area (Å²) in [6, 6.07) is 16.5. The first kappa shape index (κ1) is 19.2. The first-order valence-electron chi connectivity index (χ1n) is 9.64. The lowest BCUT2D eigenvalue weighted by molar-refractivity contribution is -0.119. The molecule has 1 aromatic heterocycles. The average molecular weight is 361 g/mol. The fourth-order valence-corrected chi connectivity index (χ4v) is 3.43. The summed E-state index contributed by atoms with van der Waals surface area (Å²) < 4.78 is 0. The molecule has 0 aliphatic heterocycles. The van der Waals surface area contributed by atoms with Crippen LogP contribution in [0.15, 0.2) is 48.5 Å². The lowest BCUT2D eigenvalue weighted by Gasteiger charge is -2.11. The maximum absolute atomic E-state index is 12.2. The highest BCUT2D eigenvalue weighted by molar-refractivity contribution is 5.88. The zero-order valence-corrected chi connectivity index (χ0v) is 16.3. The molecule has 0 fully saturated rings. The van der Waals surface area contributed by atoms with Gasteiger partial charge in [-0.3, -0.25) is 9.78 Å².